The Morgan fingerprint density at radius 3 is 2.63 bits per heavy atom. The van der Waals surface area contributed by atoms with E-state index in [0.29, 0.717) is 19.5 Å². The van der Waals surface area contributed by atoms with Gasteiger partial charge in [0, 0.05) is 13.1 Å². The van der Waals surface area contributed by atoms with Gasteiger partial charge in [-0.3, -0.25) is 0 Å². The van der Waals surface area contributed by atoms with E-state index in [9.17, 15) is 9.59 Å². The second kappa shape index (κ2) is 7.99. The Labute approximate surface area is 114 Å². The lowest BCUT2D eigenvalue weighted by Crippen LogP contribution is -2.46. The minimum Gasteiger partial charge on any atom is -0.480 e. The van der Waals surface area contributed by atoms with Crippen molar-refractivity contribution in [3.05, 3.63) is 0 Å². The molecular formula is C13H25N3O3. The van der Waals surface area contributed by atoms with Gasteiger partial charge in [-0.05, 0) is 38.9 Å². The van der Waals surface area contributed by atoms with E-state index >= 15 is 0 Å². The Balaban J connectivity index is 2.26. The van der Waals surface area contributed by atoms with Crippen LogP contribution >= 0.6 is 0 Å². The molecule has 0 bridgehead atoms. The van der Waals surface area contributed by atoms with Crippen LogP contribution in [0.25, 0.3) is 0 Å². The molecule has 0 radical (unpaired) electrons. The minimum atomic E-state index is -0.907. The highest BCUT2D eigenvalue weighted by molar-refractivity contribution is 5.83. The fourth-order valence-corrected chi connectivity index (χ4v) is 2.41. The van der Waals surface area contributed by atoms with Crippen molar-refractivity contribution >= 4 is 12.0 Å². The second-order valence-electron chi connectivity index (χ2n) is 4.80. The summed E-state index contributed by atoms with van der Waals surface area (Å²) in [4.78, 5) is 26.6. The maximum atomic E-state index is 11.9. The molecule has 1 aliphatic heterocycles. The van der Waals surface area contributed by atoms with Crippen molar-refractivity contribution in [1.29, 1.82) is 0 Å². The van der Waals surface area contributed by atoms with Gasteiger partial charge >= 0.3 is 12.0 Å². The number of rotatable bonds is 7. The van der Waals surface area contributed by atoms with Gasteiger partial charge in [-0.15, -0.1) is 0 Å². The molecule has 0 saturated carbocycles. The number of carboxylic acids is 1. The van der Waals surface area contributed by atoms with E-state index in [4.69, 9.17) is 5.11 Å². The highest BCUT2D eigenvalue weighted by atomic mass is 16.4. The molecule has 6 nitrogen and oxygen atoms in total. The van der Waals surface area contributed by atoms with Crippen LogP contribution in [0, 0.1) is 0 Å². The molecule has 19 heavy (non-hydrogen) atoms. The minimum absolute atomic E-state index is 0.246. The SMILES string of the molecule is CCN(CC)CCCNC(=O)N1CCC[C@H]1C(=O)O. The molecule has 2 amide bonds. The Morgan fingerprint density at radius 1 is 1.37 bits per heavy atom. The molecule has 0 aromatic carbocycles. The van der Waals surface area contributed by atoms with Gasteiger partial charge in [0.1, 0.15) is 6.04 Å². The zero-order valence-corrected chi connectivity index (χ0v) is 11.9. The number of aliphatic carboxylic acids is 1. The smallest absolute Gasteiger partial charge is 0.326 e. The van der Waals surface area contributed by atoms with Crippen LogP contribution in [0.3, 0.4) is 0 Å². The highest BCUT2D eigenvalue weighted by Crippen LogP contribution is 2.17. The number of nitrogens with one attached hydrogen (secondary N) is 1. The number of hydrogen-bond acceptors (Lipinski definition) is 3. The Bertz CT molecular complexity index is 306. The van der Waals surface area contributed by atoms with Crippen molar-refractivity contribution in [2.75, 3.05) is 32.7 Å². The molecule has 6 heteroatoms. The van der Waals surface area contributed by atoms with Crippen LogP contribution in [0.4, 0.5) is 4.79 Å². The first kappa shape index (κ1) is 15.8. The molecular weight excluding hydrogens is 246 g/mol. The van der Waals surface area contributed by atoms with Crippen LogP contribution in [0.5, 0.6) is 0 Å². The van der Waals surface area contributed by atoms with Crippen molar-refractivity contribution in [1.82, 2.24) is 15.1 Å². The van der Waals surface area contributed by atoms with E-state index < -0.39 is 12.0 Å². The predicted molar refractivity (Wildman–Crippen MR) is 73.2 cm³/mol. The van der Waals surface area contributed by atoms with Crippen LogP contribution in [0.1, 0.15) is 33.1 Å². The normalized spacial score (nSPS) is 18.9. The lowest BCUT2D eigenvalue weighted by molar-refractivity contribution is -0.141. The van der Waals surface area contributed by atoms with Gasteiger partial charge in [0.25, 0.3) is 0 Å². The average molecular weight is 271 g/mol. The van der Waals surface area contributed by atoms with Crippen molar-refractivity contribution in [3.63, 3.8) is 0 Å². The first-order valence-electron chi connectivity index (χ1n) is 7.09. The molecule has 1 fully saturated rings. The Hall–Kier alpha value is -1.30. The maximum Gasteiger partial charge on any atom is 0.326 e. The summed E-state index contributed by atoms with van der Waals surface area (Å²) in [5.41, 5.74) is 0. The van der Waals surface area contributed by atoms with Crippen molar-refractivity contribution in [2.24, 2.45) is 0 Å². The summed E-state index contributed by atoms with van der Waals surface area (Å²) in [5.74, 6) is -0.907. The van der Waals surface area contributed by atoms with Crippen molar-refractivity contribution < 1.29 is 14.7 Å². The molecule has 0 spiro atoms. The summed E-state index contributed by atoms with van der Waals surface area (Å²) in [6, 6.07) is -0.896. The standard InChI is InChI=1S/C13H25N3O3/c1-3-15(4-2)9-6-8-14-13(19)16-10-5-7-11(16)12(17)18/h11H,3-10H2,1-2H3,(H,14,19)(H,17,18)/t11-/m0/s1. The van der Waals surface area contributed by atoms with Gasteiger partial charge in [-0.2, -0.15) is 0 Å². The van der Waals surface area contributed by atoms with Crippen LogP contribution in [0.2, 0.25) is 0 Å². The summed E-state index contributed by atoms with van der Waals surface area (Å²) in [5, 5.41) is 11.8. The van der Waals surface area contributed by atoms with Crippen LogP contribution in [0.15, 0.2) is 0 Å². The number of urea groups is 1. The highest BCUT2D eigenvalue weighted by Gasteiger charge is 2.33. The zero-order valence-electron chi connectivity index (χ0n) is 11.9. The summed E-state index contributed by atoms with van der Waals surface area (Å²) in [6.07, 6.45) is 2.21. The monoisotopic (exact) mass is 271 g/mol. The van der Waals surface area contributed by atoms with Gasteiger partial charge in [0.05, 0.1) is 0 Å². The first-order chi connectivity index (χ1) is 9.10. The van der Waals surface area contributed by atoms with E-state index in [1.165, 1.54) is 4.90 Å². The van der Waals surface area contributed by atoms with Crippen LogP contribution in [-0.4, -0.2) is 65.7 Å². The van der Waals surface area contributed by atoms with Crippen molar-refractivity contribution in [3.8, 4) is 0 Å². The molecule has 0 aliphatic carbocycles. The van der Waals surface area contributed by atoms with Gasteiger partial charge in [-0.25, -0.2) is 9.59 Å². The first-order valence-corrected chi connectivity index (χ1v) is 7.09. The molecule has 110 valence electrons. The van der Waals surface area contributed by atoms with E-state index in [0.717, 1.165) is 32.5 Å². The van der Waals surface area contributed by atoms with E-state index in [1.54, 1.807) is 0 Å². The molecule has 1 saturated heterocycles. The van der Waals surface area contributed by atoms with Gasteiger partial charge in [0.2, 0.25) is 0 Å². The average Bonchev–Trinajstić information content (AvgIpc) is 2.88. The molecule has 2 N–H and O–H groups in total. The van der Waals surface area contributed by atoms with Gasteiger partial charge in [0.15, 0.2) is 0 Å². The number of carboxylic acid groups (broad SMARTS) is 1. The number of hydrogen-bond donors (Lipinski definition) is 2. The van der Waals surface area contributed by atoms with E-state index in [2.05, 4.69) is 24.1 Å². The zero-order chi connectivity index (χ0) is 14.3. The van der Waals surface area contributed by atoms with Crippen LogP contribution < -0.4 is 5.32 Å². The molecule has 1 rings (SSSR count). The Kier molecular flexibility index (Phi) is 6.62. The lowest BCUT2D eigenvalue weighted by atomic mass is 10.2. The van der Waals surface area contributed by atoms with E-state index in [1.807, 2.05) is 0 Å². The summed E-state index contributed by atoms with van der Waals surface area (Å²) in [6.45, 7) is 8.34. The maximum absolute atomic E-state index is 11.9. The summed E-state index contributed by atoms with van der Waals surface area (Å²) in [7, 11) is 0. The summed E-state index contributed by atoms with van der Waals surface area (Å²) >= 11 is 0. The lowest BCUT2D eigenvalue weighted by Gasteiger charge is -2.22. The molecule has 1 aliphatic rings. The molecule has 1 atom stereocenters. The number of amides is 2. The third kappa shape index (κ3) is 4.70. The Morgan fingerprint density at radius 2 is 2.05 bits per heavy atom. The van der Waals surface area contributed by atoms with Gasteiger partial charge < -0.3 is 20.2 Å². The second-order valence-corrected chi connectivity index (χ2v) is 4.80. The predicted octanol–water partition coefficient (Wildman–Crippen LogP) is 0.977. The third-order valence-corrected chi connectivity index (χ3v) is 3.62. The quantitative estimate of drug-likeness (QED) is 0.677. The molecule has 0 unspecified atom stereocenters. The largest absolute Gasteiger partial charge is 0.480 e. The van der Waals surface area contributed by atoms with E-state index in [-0.39, 0.29) is 6.03 Å². The molecule has 0 aromatic heterocycles. The fourth-order valence-electron chi connectivity index (χ4n) is 2.41. The van der Waals surface area contributed by atoms with Crippen molar-refractivity contribution in [2.45, 2.75) is 39.2 Å². The number of carbonyl (C=O) groups is 2. The number of likely N-dealkylation sites (tertiary alicyclic amines) is 1. The van der Waals surface area contributed by atoms with Crippen LogP contribution in [-0.2, 0) is 4.79 Å². The number of carbonyl (C=O) groups excluding carboxylic acids is 1. The topological polar surface area (TPSA) is 72.9 Å². The third-order valence-electron chi connectivity index (χ3n) is 3.62. The van der Waals surface area contributed by atoms with Gasteiger partial charge in [-0.1, -0.05) is 13.8 Å². The fraction of sp³-hybridized carbons (Fsp3) is 0.846. The number of nitrogens with zero attached hydrogens (tertiary/aromatic N) is 2. The summed E-state index contributed by atoms with van der Waals surface area (Å²) < 4.78 is 0. The molecule has 1 heterocycles. The molecule has 0 aromatic rings.